The first-order valence-corrected chi connectivity index (χ1v) is 9.24. The lowest BCUT2D eigenvalue weighted by Gasteiger charge is -2.28. The normalized spacial score (nSPS) is 19.8. The molecule has 0 spiro atoms. The van der Waals surface area contributed by atoms with Crippen molar-refractivity contribution >= 4 is 11.9 Å². The van der Waals surface area contributed by atoms with Gasteiger partial charge in [0.15, 0.2) is 0 Å². The summed E-state index contributed by atoms with van der Waals surface area (Å²) in [4.78, 5) is 28.4. The summed E-state index contributed by atoms with van der Waals surface area (Å²) in [6, 6.07) is 7.61. The Morgan fingerprint density at radius 3 is 1.83 bits per heavy atom. The van der Waals surface area contributed by atoms with Gasteiger partial charge in [-0.05, 0) is 69.2 Å². The second-order valence-corrected chi connectivity index (χ2v) is 8.12. The van der Waals surface area contributed by atoms with Gasteiger partial charge in [0, 0.05) is 12.4 Å². The lowest BCUT2D eigenvalue weighted by Crippen LogP contribution is -2.26. The van der Waals surface area contributed by atoms with Crippen molar-refractivity contribution in [2.24, 2.45) is 0 Å². The number of aromatic nitrogens is 1. The van der Waals surface area contributed by atoms with Crippen molar-refractivity contribution in [3.05, 3.63) is 52.4 Å². The van der Waals surface area contributed by atoms with Gasteiger partial charge in [-0.2, -0.15) is 10.5 Å². The van der Waals surface area contributed by atoms with Gasteiger partial charge in [-0.25, -0.2) is 9.59 Å². The molecule has 0 amide bonds. The van der Waals surface area contributed by atoms with E-state index in [1.54, 1.807) is 46.2 Å². The lowest BCUT2D eigenvalue weighted by atomic mass is 9.78. The number of carbonyl (C=O) groups excluding carboxylic acids is 2. The van der Waals surface area contributed by atoms with Gasteiger partial charge >= 0.3 is 11.9 Å². The van der Waals surface area contributed by atoms with E-state index >= 15 is 0 Å². The largest absolute Gasteiger partial charge is 0.451 e. The standard InChI is InChI=1S/C22H21N3O4/c1-21(2)17(15(10-23)19(26)28-21)8-14(13-6-5-7-25-12-13)9-18-16(11-24)20(27)29-22(18,3)4/h5-7,12,14H,8-9H2,1-4H3. The molecule has 0 saturated carbocycles. The summed E-state index contributed by atoms with van der Waals surface area (Å²) in [5.41, 5.74) is 0.265. The predicted molar refractivity (Wildman–Crippen MR) is 102 cm³/mol. The van der Waals surface area contributed by atoms with Gasteiger partial charge in [-0.15, -0.1) is 0 Å². The fourth-order valence-corrected chi connectivity index (χ4v) is 3.88. The highest BCUT2D eigenvalue weighted by atomic mass is 16.6. The number of cyclic esters (lactones) is 2. The third-order valence-corrected chi connectivity index (χ3v) is 5.44. The second-order valence-electron chi connectivity index (χ2n) is 8.12. The molecule has 0 saturated heterocycles. The number of nitriles is 2. The summed E-state index contributed by atoms with van der Waals surface area (Å²) in [6.45, 7) is 6.99. The smallest absolute Gasteiger partial charge is 0.349 e. The zero-order valence-corrected chi connectivity index (χ0v) is 16.8. The van der Waals surface area contributed by atoms with Crippen LogP contribution in [0.4, 0.5) is 0 Å². The van der Waals surface area contributed by atoms with Crippen LogP contribution >= 0.6 is 0 Å². The molecule has 0 N–H and O–H groups in total. The fraction of sp³-hybridized carbons (Fsp3) is 0.409. The van der Waals surface area contributed by atoms with Crippen LogP contribution < -0.4 is 0 Å². The molecule has 0 bridgehead atoms. The molecule has 0 atom stereocenters. The fourth-order valence-electron chi connectivity index (χ4n) is 3.88. The van der Waals surface area contributed by atoms with Gasteiger partial charge in [0.2, 0.25) is 0 Å². The van der Waals surface area contributed by atoms with Gasteiger partial charge in [0.1, 0.15) is 34.5 Å². The maximum Gasteiger partial charge on any atom is 0.349 e. The topological polar surface area (TPSA) is 113 Å². The number of pyridine rings is 1. The molecule has 0 aromatic carbocycles. The minimum absolute atomic E-state index is 0.0105. The first-order valence-electron chi connectivity index (χ1n) is 9.24. The highest BCUT2D eigenvalue weighted by Gasteiger charge is 2.44. The van der Waals surface area contributed by atoms with Gasteiger partial charge in [0.25, 0.3) is 0 Å². The maximum absolute atomic E-state index is 12.1. The van der Waals surface area contributed by atoms with Crippen LogP contribution in [0, 0.1) is 22.7 Å². The van der Waals surface area contributed by atoms with Gasteiger partial charge in [0.05, 0.1) is 0 Å². The van der Waals surface area contributed by atoms with E-state index in [-0.39, 0.29) is 17.1 Å². The Morgan fingerprint density at radius 1 is 0.966 bits per heavy atom. The van der Waals surface area contributed by atoms with Crippen LogP contribution in [0.3, 0.4) is 0 Å². The van der Waals surface area contributed by atoms with Crippen LogP contribution in [-0.2, 0) is 19.1 Å². The van der Waals surface area contributed by atoms with Gasteiger partial charge < -0.3 is 9.47 Å². The molecule has 0 fully saturated rings. The molecule has 3 rings (SSSR count). The van der Waals surface area contributed by atoms with E-state index in [9.17, 15) is 20.1 Å². The lowest BCUT2D eigenvalue weighted by molar-refractivity contribution is -0.145. The molecule has 7 nitrogen and oxygen atoms in total. The highest BCUT2D eigenvalue weighted by Crippen LogP contribution is 2.44. The summed E-state index contributed by atoms with van der Waals surface area (Å²) >= 11 is 0. The molecule has 3 heterocycles. The summed E-state index contributed by atoms with van der Waals surface area (Å²) in [7, 11) is 0. The quantitative estimate of drug-likeness (QED) is 0.708. The highest BCUT2D eigenvalue weighted by molar-refractivity contribution is 5.97. The Hall–Kier alpha value is -3.45. The van der Waals surface area contributed by atoms with Crippen LogP contribution in [0.5, 0.6) is 0 Å². The van der Waals surface area contributed by atoms with E-state index in [0.29, 0.717) is 24.0 Å². The first-order chi connectivity index (χ1) is 13.6. The number of nitrogens with zero attached hydrogens (tertiary/aromatic N) is 3. The molecular formula is C22H21N3O4. The van der Waals surface area contributed by atoms with Crippen molar-refractivity contribution in [2.75, 3.05) is 0 Å². The molecule has 29 heavy (non-hydrogen) atoms. The van der Waals surface area contributed by atoms with Gasteiger partial charge in [-0.1, -0.05) is 6.07 Å². The zero-order chi connectivity index (χ0) is 21.4. The Kier molecular flexibility index (Phi) is 5.02. The van der Waals surface area contributed by atoms with E-state index in [4.69, 9.17) is 9.47 Å². The minimum Gasteiger partial charge on any atom is -0.451 e. The Labute approximate surface area is 169 Å². The molecule has 7 heteroatoms. The summed E-state index contributed by atoms with van der Waals surface area (Å²) in [5, 5.41) is 18.9. The molecule has 1 aromatic heterocycles. The molecule has 1 aromatic rings. The van der Waals surface area contributed by atoms with Crippen molar-refractivity contribution in [3.8, 4) is 12.1 Å². The minimum atomic E-state index is -0.910. The third kappa shape index (κ3) is 3.64. The van der Waals surface area contributed by atoms with Crippen LogP contribution in [0.15, 0.2) is 46.8 Å². The molecule has 0 unspecified atom stereocenters. The summed E-state index contributed by atoms with van der Waals surface area (Å²) in [6.07, 6.45) is 4.05. The Bertz CT molecular complexity index is 956. The Morgan fingerprint density at radius 2 is 1.45 bits per heavy atom. The average molecular weight is 391 g/mol. The van der Waals surface area contributed by atoms with Crippen molar-refractivity contribution < 1.29 is 19.1 Å². The van der Waals surface area contributed by atoms with Crippen molar-refractivity contribution in [2.45, 2.75) is 57.7 Å². The first kappa shape index (κ1) is 20.3. The van der Waals surface area contributed by atoms with E-state index in [2.05, 4.69) is 4.98 Å². The van der Waals surface area contributed by atoms with E-state index in [1.807, 2.05) is 18.2 Å². The van der Waals surface area contributed by atoms with E-state index < -0.39 is 23.1 Å². The molecule has 0 radical (unpaired) electrons. The second kappa shape index (κ2) is 7.18. The summed E-state index contributed by atoms with van der Waals surface area (Å²) < 4.78 is 10.8. The van der Waals surface area contributed by atoms with Crippen LogP contribution in [-0.4, -0.2) is 28.1 Å². The van der Waals surface area contributed by atoms with Gasteiger partial charge in [-0.3, -0.25) is 4.98 Å². The summed E-state index contributed by atoms with van der Waals surface area (Å²) in [5.74, 6) is -1.49. The molecule has 0 aliphatic carbocycles. The third-order valence-electron chi connectivity index (χ3n) is 5.44. The Balaban J connectivity index is 2.07. The number of hydrogen-bond acceptors (Lipinski definition) is 7. The van der Waals surface area contributed by atoms with Crippen LogP contribution in [0.1, 0.15) is 52.0 Å². The molecule has 148 valence electrons. The van der Waals surface area contributed by atoms with E-state index in [1.165, 1.54) is 0 Å². The SMILES string of the molecule is CC1(C)OC(=O)C(C#N)=C1CC(CC1=C(C#N)C(=O)OC1(C)C)c1cccnc1. The van der Waals surface area contributed by atoms with Crippen LogP contribution in [0.2, 0.25) is 0 Å². The number of ether oxygens (including phenoxy) is 2. The maximum atomic E-state index is 12.1. The molecule has 2 aliphatic heterocycles. The number of rotatable bonds is 5. The monoisotopic (exact) mass is 391 g/mol. The molecule has 2 aliphatic rings. The number of hydrogen-bond donors (Lipinski definition) is 0. The molecular weight excluding hydrogens is 370 g/mol. The average Bonchev–Trinajstić information content (AvgIpc) is 3.01. The van der Waals surface area contributed by atoms with Crippen molar-refractivity contribution in [1.29, 1.82) is 10.5 Å². The van der Waals surface area contributed by atoms with E-state index in [0.717, 1.165) is 5.56 Å². The zero-order valence-electron chi connectivity index (χ0n) is 16.8. The number of esters is 2. The van der Waals surface area contributed by atoms with Crippen LogP contribution in [0.25, 0.3) is 0 Å². The predicted octanol–water partition coefficient (Wildman–Crippen LogP) is 3.26. The number of carbonyl (C=O) groups is 2. The van der Waals surface area contributed by atoms with Crippen molar-refractivity contribution in [1.82, 2.24) is 4.98 Å². The van der Waals surface area contributed by atoms with Crippen molar-refractivity contribution in [3.63, 3.8) is 0 Å².